The largest absolute Gasteiger partial charge is 0.469 e. The molecule has 8 heteroatoms. The van der Waals surface area contributed by atoms with Gasteiger partial charge in [0.25, 0.3) is 0 Å². The fourth-order valence-corrected chi connectivity index (χ4v) is 1.21. The summed E-state index contributed by atoms with van der Waals surface area (Å²) in [5.74, 6) is -2.18. The molecule has 120 valence electrons. The van der Waals surface area contributed by atoms with Crippen LogP contribution in [0.15, 0.2) is 0 Å². The normalized spacial score (nSPS) is 11.2. The van der Waals surface area contributed by atoms with Crippen LogP contribution in [0.3, 0.4) is 0 Å². The highest BCUT2D eigenvalue weighted by Crippen LogP contribution is 2.01. The standard InChI is InChI=1S/C13H20O8/c1-9(21-13(17)7-5-11(15)19-3)8-20-12(16)6-4-10(14)18-2/h9H,4-8H2,1-3H3. The van der Waals surface area contributed by atoms with Crippen molar-refractivity contribution in [2.45, 2.75) is 38.7 Å². The molecule has 0 aromatic heterocycles. The maximum absolute atomic E-state index is 11.3. The van der Waals surface area contributed by atoms with Crippen LogP contribution in [0.1, 0.15) is 32.6 Å². The van der Waals surface area contributed by atoms with Crippen LogP contribution in [0, 0.1) is 0 Å². The third-order valence-electron chi connectivity index (χ3n) is 2.33. The van der Waals surface area contributed by atoms with Crippen LogP contribution in [0.5, 0.6) is 0 Å². The number of carbonyl (C=O) groups is 4. The molecule has 0 aromatic carbocycles. The first-order chi connectivity index (χ1) is 9.88. The van der Waals surface area contributed by atoms with Crippen molar-refractivity contribution in [3.05, 3.63) is 0 Å². The number of hydrogen-bond donors (Lipinski definition) is 0. The van der Waals surface area contributed by atoms with E-state index in [0.717, 1.165) is 0 Å². The van der Waals surface area contributed by atoms with E-state index in [1.54, 1.807) is 6.92 Å². The highest BCUT2D eigenvalue weighted by molar-refractivity contribution is 5.78. The number of esters is 4. The zero-order valence-corrected chi connectivity index (χ0v) is 12.4. The molecule has 0 spiro atoms. The van der Waals surface area contributed by atoms with Crippen molar-refractivity contribution in [1.29, 1.82) is 0 Å². The van der Waals surface area contributed by atoms with Crippen LogP contribution >= 0.6 is 0 Å². The van der Waals surface area contributed by atoms with Crippen molar-refractivity contribution in [3.8, 4) is 0 Å². The molecule has 1 unspecified atom stereocenters. The number of hydrogen-bond acceptors (Lipinski definition) is 8. The lowest BCUT2D eigenvalue weighted by molar-refractivity contribution is -0.159. The van der Waals surface area contributed by atoms with Gasteiger partial charge < -0.3 is 18.9 Å². The lowest BCUT2D eigenvalue weighted by atomic mass is 10.3. The first-order valence-corrected chi connectivity index (χ1v) is 6.37. The van der Waals surface area contributed by atoms with Crippen LogP contribution in [-0.4, -0.2) is 50.8 Å². The highest BCUT2D eigenvalue weighted by atomic mass is 16.6. The minimum atomic E-state index is -0.641. The van der Waals surface area contributed by atoms with Gasteiger partial charge >= 0.3 is 23.9 Å². The summed E-state index contributed by atoms with van der Waals surface area (Å²) in [6, 6.07) is 0. The van der Waals surface area contributed by atoms with E-state index in [0.29, 0.717) is 0 Å². The monoisotopic (exact) mass is 304 g/mol. The van der Waals surface area contributed by atoms with E-state index in [1.807, 2.05) is 0 Å². The van der Waals surface area contributed by atoms with Crippen LogP contribution in [-0.2, 0) is 38.1 Å². The lowest BCUT2D eigenvalue weighted by Crippen LogP contribution is -2.23. The average molecular weight is 304 g/mol. The van der Waals surface area contributed by atoms with Gasteiger partial charge in [-0.25, -0.2) is 0 Å². The molecule has 0 bridgehead atoms. The Bertz CT molecular complexity index is 376. The second-order valence-corrected chi connectivity index (χ2v) is 4.14. The molecule has 0 aliphatic rings. The van der Waals surface area contributed by atoms with Gasteiger partial charge in [0.1, 0.15) is 12.7 Å². The molecule has 0 radical (unpaired) electrons. The molecular formula is C13H20O8. The van der Waals surface area contributed by atoms with E-state index in [4.69, 9.17) is 9.47 Å². The van der Waals surface area contributed by atoms with Gasteiger partial charge in [-0.2, -0.15) is 0 Å². The van der Waals surface area contributed by atoms with E-state index in [1.165, 1.54) is 14.2 Å². The Balaban J connectivity index is 3.80. The molecule has 0 saturated heterocycles. The minimum Gasteiger partial charge on any atom is -0.469 e. The van der Waals surface area contributed by atoms with Gasteiger partial charge in [0, 0.05) is 0 Å². The Hall–Kier alpha value is -2.12. The molecule has 0 heterocycles. The summed E-state index contributed by atoms with van der Waals surface area (Å²) >= 11 is 0. The van der Waals surface area contributed by atoms with Gasteiger partial charge in [0.15, 0.2) is 0 Å². The molecule has 0 amide bonds. The molecule has 8 nitrogen and oxygen atoms in total. The SMILES string of the molecule is COC(=O)CCC(=O)OCC(C)OC(=O)CCC(=O)OC. The fourth-order valence-electron chi connectivity index (χ4n) is 1.21. The molecule has 0 aromatic rings. The maximum Gasteiger partial charge on any atom is 0.306 e. The summed E-state index contributed by atoms with van der Waals surface area (Å²) in [5.41, 5.74) is 0. The Morgan fingerprint density at radius 2 is 1.19 bits per heavy atom. The fraction of sp³-hybridized carbons (Fsp3) is 0.692. The predicted molar refractivity (Wildman–Crippen MR) is 69.0 cm³/mol. The maximum atomic E-state index is 11.3. The summed E-state index contributed by atoms with van der Waals surface area (Å²) in [6.45, 7) is 1.42. The van der Waals surface area contributed by atoms with Crippen molar-refractivity contribution in [3.63, 3.8) is 0 Å². The van der Waals surface area contributed by atoms with Gasteiger partial charge in [-0.15, -0.1) is 0 Å². The third-order valence-corrected chi connectivity index (χ3v) is 2.33. The first kappa shape index (κ1) is 18.9. The van der Waals surface area contributed by atoms with E-state index in [2.05, 4.69) is 9.47 Å². The lowest BCUT2D eigenvalue weighted by Gasteiger charge is -2.13. The van der Waals surface area contributed by atoms with Gasteiger partial charge in [0.05, 0.1) is 39.9 Å². The summed E-state index contributed by atoms with van der Waals surface area (Å²) in [5, 5.41) is 0. The second kappa shape index (κ2) is 10.6. The van der Waals surface area contributed by atoms with Gasteiger partial charge in [-0.05, 0) is 6.92 Å². The third kappa shape index (κ3) is 10.3. The topological polar surface area (TPSA) is 105 Å². The average Bonchev–Trinajstić information content (AvgIpc) is 2.47. The Morgan fingerprint density at radius 3 is 1.67 bits per heavy atom. The number of ether oxygens (including phenoxy) is 4. The van der Waals surface area contributed by atoms with Crippen molar-refractivity contribution in [1.82, 2.24) is 0 Å². The molecule has 0 aliphatic heterocycles. The van der Waals surface area contributed by atoms with Crippen molar-refractivity contribution < 1.29 is 38.1 Å². The van der Waals surface area contributed by atoms with E-state index < -0.39 is 30.0 Å². The summed E-state index contributed by atoms with van der Waals surface area (Å²) in [4.78, 5) is 44.3. The Morgan fingerprint density at radius 1 is 0.762 bits per heavy atom. The van der Waals surface area contributed by atoms with Crippen LogP contribution in [0.2, 0.25) is 0 Å². The van der Waals surface area contributed by atoms with Gasteiger partial charge in [-0.1, -0.05) is 0 Å². The smallest absolute Gasteiger partial charge is 0.306 e. The zero-order chi connectivity index (χ0) is 16.3. The molecule has 1 atom stereocenters. The number of carbonyl (C=O) groups excluding carboxylic acids is 4. The predicted octanol–water partition coefficient (Wildman–Crippen LogP) is 0.368. The molecule has 0 N–H and O–H groups in total. The summed E-state index contributed by atoms with van der Waals surface area (Å²) < 4.78 is 18.5. The van der Waals surface area contributed by atoms with E-state index in [-0.39, 0.29) is 32.3 Å². The van der Waals surface area contributed by atoms with Gasteiger partial charge in [0.2, 0.25) is 0 Å². The second-order valence-electron chi connectivity index (χ2n) is 4.14. The number of rotatable bonds is 9. The van der Waals surface area contributed by atoms with E-state index >= 15 is 0 Å². The zero-order valence-electron chi connectivity index (χ0n) is 12.4. The molecule has 0 aliphatic carbocycles. The molecule has 0 fully saturated rings. The highest BCUT2D eigenvalue weighted by Gasteiger charge is 2.14. The number of methoxy groups -OCH3 is 2. The molecule has 0 saturated carbocycles. The molecule has 0 rings (SSSR count). The van der Waals surface area contributed by atoms with Gasteiger partial charge in [-0.3, -0.25) is 19.2 Å². The Labute approximate surface area is 122 Å². The van der Waals surface area contributed by atoms with Crippen molar-refractivity contribution in [2.24, 2.45) is 0 Å². The molecule has 21 heavy (non-hydrogen) atoms. The van der Waals surface area contributed by atoms with Crippen LogP contribution in [0.4, 0.5) is 0 Å². The van der Waals surface area contributed by atoms with Crippen LogP contribution < -0.4 is 0 Å². The first-order valence-electron chi connectivity index (χ1n) is 6.37. The summed E-state index contributed by atoms with van der Waals surface area (Å²) in [6.07, 6.45) is -0.982. The summed E-state index contributed by atoms with van der Waals surface area (Å²) in [7, 11) is 2.45. The van der Waals surface area contributed by atoms with Crippen molar-refractivity contribution in [2.75, 3.05) is 20.8 Å². The van der Waals surface area contributed by atoms with Crippen LogP contribution in [0.25, 0.3) is 0 Å². The van der Waals surface area contributed by atoms with E-state index in [9.17, 15) is 19.2 Å². The molecular weight excluding hydrogens is 284 g/mol. The minimum absolute atomic E-state index is 0.0668. The Kier molecular flexibility index (Phi) is 9.57. The quantitative estimate of drug-likeness (QED) is 0.444. The van der Waals surface area contributed by atoms with Crippen molar-refractivity contribution >= 4 is 23.9 Å².